The summed E-state index contributed by atoms with van der Waals surface area (Å²) in [6.45, 7) is 1.99. The van der Waals surface area contributed by atoms with E-state index < -0.39 is 0 Å². The number of benzene rings is 1. The second kappa shape index (κ2) is 7.16. The maximum atomic E-state index is 11.7. The number of carbonyl (C=O) groups is 1. The first-order valence-electron chi connectivity index (χ1n) is 6.16. The quantitative estimate of drug-likeness (QED) is 0.655. The van der Waals surface area contributed by atoms with Crippen LogP contribution >= 0.6 is 23.4 Å². The number of nitrogens with zero attached hydrogens (tertiary/aromatic N) is 2. The molecule has 1 unspecified atom stereocenters. The van der Waals surface area contributed by atoms with E-state index in [-0.39, 0.29) is 17.7 Å². The van der Waals surface area contributed by atoms with Crippen LogP contribution in [-0.2, 0) is 4.79 Å². The fourth-order valence-corrected chi connectivity index (χ4v) is 2.40. The van der Waals surface area contributed by atoms with Crippen molar-refractivity contribution in [3.63, 3.8) is 0 Å². The van der Waals surface area contributed by atoms with Crippen LogP contribution in [0.1, 0.15) is 6.92 Å². The lowest BCUT2D eigenvalue weighted by molar-refractivity contribution is -0.120. The normalized spacial score (nSPS) is 11.7. The summed E-state index contributed by atoms with van der Waals surface area (Å²) in [5, 5.41) is 10.4. The van der Waals surface area contributed by atoms with Gasteiger partial charge < -0.3 is 5.32 Å². The Morgan fingerprint density at radius 2 is 2.24 bits per heavy atom. The fraction of sp³-hybridized carbons (Fsp3) is 0.214. The molecule has 0 aliphatic rings. The van der Waals surface area contributed by atoms with Crippen LogP contribution in [0.4, 0.5) is 0 Å². The first-order chi connectivity index (χ1) is 10.1. The fourth-order valence-electron chi connectivity index (χ4n) is 1.53. The van der Waals surface area contributed by atoms with Crippen molar-refractivity contribution in [2.75, 3.05) is 6.54 Å². The molecule has 0 fully saturated rings. The Hall–Kier alpha value is -1.97. The first-order valence-corrected chi connectivity index (χ1v) is 7.42. The number of amides is 1. The van der Waals surface area contributed by atoms with Gasteiger partial charge in [0.05, 0.1) is 11.8 Å². The van der Waals surface area contributed by atoms with Gasteiger partial charge in [0.25, 0.3) is 0 Å². The van der Waals surface area contributed by atoms with Gasteiger partial charge in [-0.3, -0.25) is 9.89 Å². The second-order valence-corrected chi connectivity index (χ2v) is 5.90. The Morgan fingerprint density at radius 1 is 1.52 bits per heavy atom. The molecule has 0 aliphatic heterocycles. The Labute approximate surface area is 131 Å². The third kappa shape index (κ3) is 4.25. The van der Waals surface area contributed by atoms with Gasteiger partial charge in [0.2, 0.25) is 11.1 Å². The van der Waals surface area contributed by atoms with Crippen LogP contribution in [0, 0.1) is 12.3 Å². The minimum absolute atomic E-state index is 0.143. The number of aromatic nitrogens is 3. The predicted molar refractivity (Wildman–Crippen MR) is 84.0 cm³/mol. The molecule has 0 saturated carbocycles. The SMILES string of the molecule is C#CCNC(=O)C(C)Sc1n[nH]c(-c2ccc(Cl)cc2)n1. The number of H-pyrrole nitrogens is 1. The van der Waals surface area contributed by atoms with Crippen LogP contribution in [0.3, 0.4) is 0 Å². The summed E-state index contributed by atoms with van der Waals surface area (Å²) in [7, 11) is 0. The average molecular weight is 321 g/mol. The van der Waals surface area contributed by atoms with E-state index in [1.54, 1.807) is 19.1 Å². The molecule has 0 radical (unpaired) electrons. The standard InChI is InChI=1S/C14H13ClN4OS/c1-3-8-16-13(20)9(2)21-14-17-12(18-19-14)10-4-6-11(15)7-5-10/h1,4-7,9H,8H2,2H3,(H,16,20)(H,17,18,19). The maximum absolute atomic E-state index is 11.7. The highest BCUT2D eigenvalue weighted by Crippen LogP contribution is 2.23. The maximum Gasteiger partial charge on any atom is 0.234 e. The molecule has 1 aromatic heterocycles. The highest BCUT2D eigenvalue weighted by molar-refractivity contribution is 8.00. The van der Waals surface area contributed by atoms with Crippen LogP contribution in [0.2, 0.25) is 5.02 Å². The Balaban J connectivity index is 2.02. The molecule has 2 N–H and O–H groups in total. The van der Waals surface area contributed by atoms with E-state index in [1.165, 1.54) is 11.8 Å². The van der Waals surface area contributed by atoms with E-state index in [0.717, 1.165) is 5.56 Å². The van der Waals surface area contributed by atoms with E-state index in [0.29, 0.717) is 16.0 Å². The van der Waals surface area contributed by atoms with Crippen LogP contribution < -0.4 is 5.32 Å². The van der Waals surface area contributed by atoms with Crippen molar-refractivity contribution in [2.45, 2.75) is 17.3 Å². The Bertz CT molecular complexity index is 662. The number of thioether (sulfide) groups is 1. The molecule has 108 valence electrons. The topological polar surface area (TPSA) is 70.7 Å². The molecule has 0 bridgehead atoms. The summed E-state index contributed by atoms with van der Waals surface area (Å²) >= 11 is 7.10. The van der Waals surface area contributed by atoms with Crippen LogP contribution in [0.5, 0.6) is 0 Å². The molecule has 2 rings (SSSR count). The van der Waals surface area contributed by atoms with Crippen LogP contribution in [0.25, 0.3) is 11.4 Å². The molecule has 0 saturated heterocycles. The van der Waals surface area contributed by atoms with Crippen molar-refractivity contribution in [1.29, 1.82) is 0 Å². The van der Waals surface area contributed by atoms with E-state index in [9.17, 15) is 4.79 Å². The lowest BCUT2D eigenvalue weighted by Crippen LogP contribution is -2.31. The number of hydrogen-bond acceptors (Lipinski definition) is 4. The van der Waals surface area contributed by atoms with Crippen LogP contribution in [-0.4, -0.2) is 32.9 Å². The van der Waals surface area contributed by atoms with Gasteiger partial charge in [0.1, 0.15) is 0 Å². The molecule has 1 aromatic carbocycles. The second-order valence-electron chi connectivity index (χ2n) is 4.16. The molecule has 5 nitrogen and oxygen atoms in total. The van der Waals surface area contributed by atoms with Crippen molar-refractivity contribution in [3.05, 3.63) is 29.3 Å². The number of hydrogen-bond donors (Lipinski definition) is 2. The van der Waals surface area contributed by atoms with E-state index >= 15 is 0 Å². The van der Waals surface area contributed by atoms with Crippen molar-refractivity contribution in [1.82, 2.24) is 20.5 Å². The third-order valence-electron chi connectivity index (χ3n) is 2.60. The van der Waals surface area contributed by atoms with Crippen molar-refractivity contribution in [3.8, 4) is 23.7 Å². The third-order valence-corrected chi connectivity index (χ3v) is 3.81. The van der Waals surface area contributed by atoms with E-state index in [4.69, 9.17) is 18.0 Å². The predicted octanol–water partition coefficient (Wildman–Crippen LogP) is 2.36. The van der Waals surface area contributed by atoms with Gasteiger partial charge in [-0.25, -0.2) is 4.98 Å². The van der Waals surface area contributed by atoms with Gasteiger partial charge in [0.15, 0.2) is 5.82 Å². The van der Waals surface area contributed by atoms with Gasteiger partial charge in [0, 0.05) is 10.6 Å². The molecular weight excluding hydrogens is 308 g/mol. The number of halogens is 1. The smallest absolute Gasteiger partial charge is 0.234 e. The highest BCUT2D eigenvalue weighted by atomic mass is 35.5. The molecule has 1 heterocycles. The Kier molecular flexibility index (Phi) is 5.26. The summed E-state index contributed by atoms with van der Waals surface area (Å²) in [6, 6.07) is 7.25. The zero-order chi connectivity index (χ0) is 15.2. The first kappa shape index (κ1) is 15.4. The molecular formula is C14H13ClN4OS. The molecule has 1 atom stereocenters. The van der Waals surface area contributed by atoms with Gasteiger partial charge in [-0.05, 0) is 31.2 Å². The van der Waals surface area contributed by atoms with E-state index in [1.807, 2.05) is 12.1 Å². The molecule has 1 amide bonds. The van der Waals surface area contributed by atoms with Crippen molar-refractivity contribution in [2.24, 2.45) is 0 Å². The van der Waals surface area contributed by atoms with E-state index in [2.05, 4.69) is 26.4 Å². The summed E-state index contributed by atoms with van der Waals surface area (Å²) in [5.41, 5.74) is 0.878. The number of carbonyl (C=O) groups excluding carboxylic acids is 1. The largest absolute Gasteiger partial charge is 0.344 e. The minimum atomic E-state index is -0.327. The summed E-state index contributed by atoms with van der Waals surface area (Å²) in [5.74, 6) is 2.85. The lowest BCUT2D eigenvalue weighted by Gasteiger charge is -2.07. The van der Waals surface area contributed by atoms with Crippen molar-refractivity contribution < 1.29 is 4.79 Å². The van der Waals surface area contributed by atoms with Gasteiger partial charge in [-0.2, -0.15) is 0 Å². The number of rotatable bonds is 5. The van der Waals surface area contributed by atoms with Gasteiger partial charge >= 0.3 is 0 Å². The molecule has 2 aromatic rings. The zero-order valence-electron chi connectivity index (χ0n) is 11.3. The molecule has 7 heteroatoms. The molecule has 21 heavy (non-hydrogen) atoms. The number of aromatic amines is 1. The zero-order valence-corrected chi connectivity index (χ0v) is 12.8. The van der Waals surface area contributed by atoms with Crippen molar-refractivity contribution >= 4 is 29.3 Å². The van der Waals surface area contributed by atoms with Gasteiger partial charge in [-0.1, -0.05) is 29.3 Å². The Morgan fingerprint density at radius 3 is 2.90 bits per heavy atom. The number of nitrogens with one attached hydrogen (secondary N) is 2. The number of terminal acetylenes is 1. The molecule has 0 spiro atoms. The average Bonchev–Trinajstić information content (AvgIpc) is 2.93. The van der Waals surface area contributed by atoms with Gasteiger partial charge in [-0.15, -0.1) is 11.5 Å². The van der Waals surface area contributed by atoms with Crippen LogP contribution in [0.15, 0.2) is 29.4 Å². The monoisotopic (exact) mass is 320 g/mol. The lowest BCUT2D eigenvalue weighted by atomic mass is 10.2. The summed E-state index contributed by atoms with van der Waals surface area (Å²) in [6.07, 6.45) is 5.10. The summed E-state index contributed by atoms with van der Waals surface area (Å²) < 4.78 is 0. The summed E-state index contributed by atoms with van der Waals surface area (Å²) in [4.78, 5) is 16.1. The molecule has 0 aliphatic carbocycles. The highest BCUT2D eigenvalue weighted by Gasteiger charge is 2.16. The minimum Gasteiger partial charge on any atom is -0.344 e.